The largest absolute Gasteiger partial charge is 0.465 e. The number of anilines is 2. The summed E-state index contributed by atoms with van der Waals surface area (Å²) in [5.41, 5.74) is 6.72. The van der Waals surface area contributed by atoms with Crippen LogP contribution in [-0.4, -0.2) is 18.1 Å². The summed E-state index contributed by atoms with van der Waals surface area (Å²) in [5, 5.41) is 2.91. The van der Waals surface area contributed by atoms with Gasteiger partial charge >= 0.3 is 5.97 Å². The first kappa shape index (κ1) is 13.8. The molecule has 1 heterocycles. The Hall–Kier alpha value is -2.63. The number of halogens is 1. The van der Waals surface area contributed by atoms with Crippen molar-refractivity contribution in [3.05, 3.63) is 53.5 Å². The number of pyridine rings is 1. The number of aromatic nitrogens is 1. The van der Waals surface area contributed by atoms with Crippen molar-refractivity contribution in [1.29, 1.82) is 0 Å². The first-order valence-electron chi connectivity index (χ1n) is 5.93. The Balaban J connectivity index is 2.18. The molecule has 0 radical (unpaired) electrons. The second kappa shape index (κ2) is 6.01. The van der Waals surface area contributed by atoms with E-state index in [1.165, 1.54) is 25.4 Å². The van der Waals surface area contributed by atoms with Gasteiger partial charge in [-0.1, -0.05) is 18.2 Å². The van der Waals surface area contributed by atoms with Crippen molar-refractivity contribution < 1.29 is 13.9 Å². The summed E-state index contributed by atoms with van der Waals surface area (Å²) < 4.78 is 18.1. The second-order valence-electron chi connectivity index (χ2n) is 4.06. The number of hydrogen-bond donors (Lipinski definition) is 2. The molecular weight excluding hydrogens is 261 g/mol. The number of hydrogen-bond acceptors (Lipinski definition) is 5. The zero-order valence-corrected chi connectivity index (χ0v) is 10.9. The van der Waals surface area contributed by atoms with Crippen molar-refractivity contribution >= 4 is 17.5 Å². The van der Waals surface area contributed by atoms with Gasteiger partial charge in [-0.25, -0.2) is 14.2 Å². The Morgan fingerprint density at radius 3 is 2.85 bits per heavy atom. The molecule has 2 rings (SSSR count). The van der Waals surface area contributed by atoms with Crippen molar-refractivity contribution in [3.8, 4) is 0 Å². The molecule has 104 valence electrons. The highest BCUT2D eigenvalue weighted by molar-refractivity contribution is 5.97. The number of ether oxygens (including phenoxy) is 1. The lowest BCUT2D eigenvalue weighted by Crippen LogP contribution is -2.11. The van der Waals surface area contributed by atoms with E-state index in [4.69, 9.17) is 5.73 Å². The molecular formula is C14H14FN3O2. The van der Waals surface area contributed by atoms with E-state index in [-0.39, 0.29) is 23.6 Å². The standard InChI is InChI=1S/C14H14FN3O2/c1-20-14(19)10-6-7-17-13(12(10)16)18-8-9-4-2-3-5-11(9)15/h2-7H,8,16H2,1H3,(H,17,18). The predicted octanol–water partition coefficient (Wildman–Crippen LogP) is 2.20. The minimum Gasteiger partial charge on any atom is -0.465 e. The van der Waals surface area contributed by atoms with Gasteiger partial charge in [0, 0.05) is 18.3 Å². The average molecular weight is 275 g/mol. The number of methoxy groups -OCH3 is 1. The van der Waals surface area contributed by atoms with Gasteiger partial charge in [0.15, 0.2) is 0 Å². The van der Waals surface area contributed by atoms with Gasteiger partial charge in [-0.3, -0.25) is 0 Å². The van der Waals surface area contributed by atoms with Crippen LogP contribution in [0.4, 0.5) is 15.9 Å². The number of benzene rings is 1. The zero-order chi connectivity index (χ0) is 14.5. The maximum absolute atomic E-state index is 13.5. The zero-order valence-electron chi connectivity index (χ0n) is 10.9. The highest BCUT2D eigenvalue weighted by Gasteiger charge is 2.13. The van der Waals surface area contributed by atoms with Crippen LogP contribution in [0, 0.1) is 5.82 Å². The van der Waals surface area contributed by atoms with Crippen LogP contribution in [0.2, 0.25) is 0 Å². The molecule has 0 amide bonds. The summed E-state index contributed by atoms with van der Waals surface area (Å²) in [5.74, 6) is -0.544. The summed E-state index contributed by atoms with van der Waals surface area (Å²) in [7, 11) is 1.27. The Labute approximate surface area is 115 Å². The van der Waals surface area contributed by atoms with Crippen molar-refractivity contribution in [2.24, 2.45) is 0 Å². The maximum Gasteiger partial charge on any atom is 0.340 e. The van der Waals surface area contributed by atoms with E-state index in [9.17, 15) is 9.18 Å². The SMILES string of the molecule is COC(=O)c1ccnc(NCc2ccccc2F)c1N. The van der Waals surface area contributed by atoms with Gasteiger partial charge in [0.1, 0.15) is 11.6 Å². The topological polar surface area (TPSA) is 77.2 Å². The number of nitrogens with two attached hydrogens (primary N) is 1. The molecule has 3 N–H and O–H groups in total. The third-order valence-electron chi connectivity index (χ3n) is 2.80. The van der Waals surface area contributed by atoms with Crippen LogP contribution >= 0.6 is 0 Å². The monoisotopic (exact) mass is 275 g/mol. The number of carbonyl (C=O) groups excluding carboxylic acids is 1. The fourth-order valence-electron chi connectivity index (χ4n) is 1.72. The molecule has 0 bridgehead atoms. The normalized spacial score (nSPS) is 10.1. The Morgan fingerprint density at radius 1 is 1.40 bits per heavy atom. The van der Waals surface area contributed by atoms with Gasteiger partial charge in [0.05, 0.1) is 18.4 Å². The number of nitrogens with one attached hydrogen (secondary N) is 1. The molecule has 0 aliphatic rings. The quantitative estimate of drug-likeness (QED) is 0.836. The summed E-state index contributed by atoms with van der Waals surface area (Å²) >= 11 is 0. The van der Waals surface area contributed by atoms with E-state index in [0.29, 0.717) is 11.4 Å². The van der Waals surface area contributed by atoms with Gasteiger partial charge in [0.25, 0.3) is 0 Å². The first-order valence-corrected chi connectivity index (χ1v) is 5.93. The molecule has 1 aromatic heterocycles. The van der Waals surface area contributed by atoms with Crippen LogP contribution in [0.1, 0.15) is 15.9 Å². The van der Waals surface area contributed by atoms with Gasteiger partial charge in [0.2, 0.25) is 0 Å². The maximum atomic E-state index is 13.5. The number of rotatable bonds is 4. The second-order valence-corrected chi connectivity index (χ2v) is 4.06. The van der Waals surface area contributed by atoms with Crippen molar-refractivity contribution in [2.45, 2.75) is 6.54 Å². The lowest BCUT2D eigenvalue weighted by Gasteiger charge is -2.11. The minimum atomic E-state index is -0.543. The number of esters is 1. The molecule has 0 atom stereocenters. The molecule has 0 saturated heterocycles. The highest BCUT2D eigenvalue weighted by Crippen LogP contribution is 2.21. The molecule has 6 heteroatoms. The number of carbonyl (C=O) groups is 1. The van der Waals surface area contributed by atoms with Crippen LogP contribution in [0.25, 0.3) is 0 Å². The lowest BCUT2D eigenvalue weighted by atomic mass is 10.2. The van der Waals surface area contributed by atoms with Crippen LogP contribution in [-0.2, 0) is 11.3 Å². The van der Waals surface area contributed by atoms with Crippen LogP contribution in [0.5, 0.6) is 0 Å². The fraction of sp³-hybridized carbons (Fsp3) is 0.143. The molecule has 0 aliphatic heterocycles. The molecule has 0 aliphatic carbocycles. The Morgan fingerprint density at radius 2 is 2.15 bits per heavy atom. The van der Waals surface area contributed by atoms with Crippen LogP contribution in [0.3, 0.4) is 0 Å². The molecule has 0 fully saturated rings. The van der Waals surface area contributed by atoms with Crippen molar-refractivity contribution in [2.75, 3.05) is 18.2 Å². The lowest BCUT2D eigenvalue weighted by molar-refractivity contribution is 0.0602. The third-order valence-corrected chi connectivity index (χ3v) is 2.80. The Kier molecular flexibility index (Phi) is 4.14. The number of nitrogens with zero attached hydrogens (tertiary/aromatic N) is 1. The molecule has 5 nitrogen and oxygen atoms in total. The van der Waals surface area contributed by atoms with Crippen LogP contribution in [0.15, 0.2) is 36.5 Å². The van der Waals surface area contributed by atoms with E-state index in [1.54, 1.807) is 18.2 Å². The summed E-state index contributed by atoms with van der Waals surface area (Å²) in [4.78, 5) is 15.5. The van der Waals surface area contributed by atoms with Gasteiger partial charge in [-0.15, -0.1) is 0 Å². The van der Waals surface area contributed by atoms with Gasteiger partial charge < -0.3 is 15.8 Å². The first-order chi connectivity index (χ1) is 9.63. The molecule has 0 unspecified atom stereocenters. The summed E-state index contributed by atoms with van der Waals surface area (Å²) in [6.45, 7) is 0.217. The van der Waals surface area contributed by atoms with Crippen molar-refractivity contribution in [1.82, 2.24) is 4.98 Å². The average Bonchev–Trinajstić information content (AvgIpc) is 2.47. The van der Waals surface area contributed by atoms with E-state index < -0.39 is 5.97 Å². The van der Waals surface area contributed by atoms with E-state index in [2.05, 4.69) is 15.0 Å². The molecule has 20 heavy (non-hydrogen) atoms. The van der Waals surface area contributed by atoms with Crippen LogP contribution < -0.4 is 11.1 Å². The molecule has 0 saturated carbocycles. The smallest absolute Gasteiger partial charge is 0.340 e. The van der Waals surface area contributed by atoms with Crippen molar-refractivity contribution in [3.63, 3.8) is 0 Å². The van der Waals surface area contributed by atoms with E-state index in [0.717, 1.165) is 0 Å². The molecule has 0 spiro atoms. The van der Waals surface area contributed by atoms with E-state index >= 15 is 0 Å². The van der Waals surface area contributed by atoms with Gasteiger partial charge in [-0.2, -0.15) is 0 Å². The third kappa shape index (κ3) is 2.85. The molecule has 2 aromatic rings. The fourth-order valence-corrected chi connectivity index (χ4v) is 1.72. The summed E-state index contributed by atoms with van der Waals surface area (Å²) in [6, 6.07) is 7.85. The predicted molar refractivity (Wildman–Crippen MR) is 73.7 cm³/mol. The number of nitrogen functional groups attached to an aromatic ring is 1. The molecule has 1 aromatic carbocycles. The Bertz CT molecular complexity index is 632. The van der Waals surface area contributed by atoms with Gasteiger partial charge in [-0.05, 0) is 12.1 Å². The summed E-state index contributed by atoms with van der Waals surface area (Å²) in [6.07, 6.45) is 1.44. The minimum absolute atomic E-state index is 0.177. The van der Waals surface area contributed by atoms with E-state index in [1.807, 2.05) is 0 Å². The highest BCUT2D eigenvalue weighted by atomic mass is 19.1.